The second kappa shape index (κ2) is 6.18. The number of nitrogens with one attached hydrogen (secondary N) is 1. The number of hydrogen-bond acceptors (Lipinski definition) is 4. The Bertz CT molecular complexity index is 772. The van der Waals surface area contributed by atoms with Crippen LogP contribution in [0.2, 0.25) is 0 Å². The molecule has 6 heteroatoms. The average Bonchev–Trinajstić information content (AvgIpc) is 2.90. The van der Waals surface area contributed by atoms with Gasteiger partial charge < -0.3 is 5.32 Å². The van der Waals surface area contributed by atoms with Crippen molar-refractivity contribution >= 4 is 17.8 Å². The monoisotopic (exact) mass is 277 g/mol. The molecule has 102 valence electrons. The lowest BCUT2D eigenvalue weighted by Gasteiger charge is -2.04. The van der Waals surface area contributed by atoms with Gasteiger partial charge in [-0.2, -0.15) is 15.6 Å². The molecule has 0 bridgehead atoms. The molecule has 1 aromatic heterocycles. The zero-order valence-corrected chi connectivity index (χ0v) is 11.2. The Balaban J connectivity index is 2.20. The molecule has 1 aromatic carbocycles. The van der Waals surface area contributed by atoms with E-state index in [1.54, 1.807) is 43.6 Å². The number of aromatic nitrogens is 2. The number of amides is 1. The van der Waals surface area contributed by atoms with Crippen LogP contribution in [0.25, 0.3) is 6.08 Å². The molecule has 0 fully saturated rings. The van der Waals surface area contributed by atoms with E-state index in [0.717, 1.165) is 0 Å². The van der Waals surface area contributed by atoms with Crippen LogP contribution in [0.15, 0.2) is 42.1 Å². The molecule has 0 aliphatic carbocycles. The molecule has 0 saturated heterocycles. The minimum Gasteiger partial charge on any atom is -0.306 e. The van der Waals surface area contributed by atoms with Crippen molar-refractivity contribution in [3.05, 3.63) is 53.2 Å². The summed E-state index contributed by atoms with van der Waals surface area (Å²) < 4.78 is 1.49. The largest absolute Gasteiger partial charge is 0.306 e. The van der Waals surface area contributed by atoms with E-state index >= 15 is 0 Å². The fraction of sp³-hybridized carbons (Fsp3) is 0.0667. The van der Waals surface area contributed by atoms with E-state index in [4.69, 9.17) is 10.5 Å². The normalized spacial score (nSPS) is 10.5. The third-order valence-electron chi connectivity index (χ3n) is 2.78. The molecule has 0 aliphatic heterocycles. The van der Waals surface area contributed by atoms with Crippen molar-refractivity contribution in [2.45, 2.75) is 0 Å². The van der Waals surface area contributed by atoms with Gasteiger partial charge in [0.2, 0.25) is 0 Å². The lowest BCUT2D eigenvalue weighted by atomic mass is 10.1. The Morgan fingerprint density at radius 1 is 1.29 bits per heavy atom. The van der Waals surface area contributed by atoms with Crippen LogP contribution in [0.1, 0.15) is 11.1 Å². The van der Waals surface area contributed by atoms with Gasteiger partial charge >= 0.3 is 0 Å². The fourth-order valence-corrected chi connectivity index (χ4v) is 1.65. The lowest BCUT2D eigenvalue weighted by Crippen LogP contribution is -2.15. The van der Waals surface area contributed by atoms with Crippen molar-refractivity contribution in [3.8, 4) is 12.1 Å². The van der Waals surface area contributed by atoms with E-state index in [9.17, 15) is 4.79 Å². The predicted octanol–water partition coefficient (Wildman–Crippen LogP) is 1.84. The van der Waals surface area contributed by atoms with Crippen LogP contribution in [0.5, 0.6) is 0 Å². The molecular weight excluding hydrogens is 266 g/mol. The summed E-state index contributed by atoms with van der Waals surface area (Å²) in [5.41, 5.74) is 1.16. The Hall–Kier alpha value is -3.38. The van der Waals surface area contributed by atoms with Gasteiger partial charge in [0.1, 0.15) is 17.5 Å². The van der Waals surface area contributed by atoms with Gasteiger partial charge in [0.05, 0.1) is 17.8 Å². The SMILES string of the molecule is Cn1nccc1NC(=O)/C(C#N)=C/c1ccc(C#N)cc1. The maximum absolute atomic E-state index is 12.0. The van der Waals surface area contributed by atoms with Gasteiger partial charge in [-0.1, -0.05) is 12.1 Å². The number of aryl methyl sites for hydroxylation is 1. The number of anilines is 1. The van der Waals surface area contributed by atoms with Gasteiger partial charge in [0.25, 0.3) is 5.91 Å². The summed E-state index contributed by atoms with van der Waals surface area (Å²) >= 11 is 0. The van der Waals surface area contributed by atoms with Crippen LogP contribution in [0, 0.1) is 22.7 Å². The summed E-state index contributed by atoms with van der Waals surface area (Å²) in [4.78, 5) is 12.0. The number of carbonyl (C=O) groups is 1. The third-order valence-corrected chi connectivity index (χ3v) is 2.78. The highest BCUT2D eigenvalue weighted by atomic mass is 16.1. The van der Waals surface area contributed by atoms with Crippen LogP contribution in [-0.4, -0.2) is 15.7 Å². The molecule has 0 spiro atoms. The first-order valence-electron chi connectivity index (χ1n) is 6.05. The minimum absolute atomic E-state index is 0.0269. The van der Waals surface area contributed by atoms with Crippen molar-refractivity contribution < 1.29 is 4.79 Å². The second-order valence-corrected chi connectivity index (χ2v) is 4.20. The van der Waals surface area contributed by atoms with E-state index in [0.29, 0.717) is 16.9 Å². The predicted molar refractivity (Wildman–Crippen MR) is 76.6 cm³/mol. The van der Waals surface area contributed by atoms with Crippen molar-refractivity contribution in [1.82, 2.24) is 9.78 Å². The number of rotatable bonds is 3. The minimum atomic E-state index is -0.509. The number of hydrogen-bond donors (Lipinski definition) is 1. The topological polar surface area (TPSA) is 94.5 Å². The van der Waals surface area contributed by atoms with Crippen LogP contribution < -0.4 is 5.32 Å². The maximum Gasteiger partial charge on any atom is 0.267 e. The summed E-state index contributed by atoms with van der Waals surface area (Å²) in [6.45, 7) is 0. The van der Waals surface area contributed by atoms with E-state index in [1.807, 2.05) is 12.1 Å². The van der Waals surface area contributed by atoms with Crippen LogP contribution in [0.4, 0.5) is 5.82 Å². The molecule has 2 aromatic rings. The van der Waals surface area contributed by atoms with E-state index < -0.39 is 5.91 Å². The first-order chi connectivity index (χ1) is 10.1. The van der Waals surface area contributed by atoms with Gasteiger partial charge in [-0.3, -0.25) is 9.48 Å². The van der Waals surface area contributed by atoms with Gasteiger partial charge in [0.15, 0.2) is 0 Å². The molecular formula is C15H11N5O. The zero-order valence-electron chi connectivity index (χ0n) is 11.2. The Morgan fingerprint density at radius 2 is 2.00 bits per heavy atom. The van der Waals surface area contributed by atoms with Crippen molar-refractivity contribution in [1.29, 1.82) is 10.5 Å². The van der Waals surface area contributed by atoms with Crippen molar-refractivity contribution in [2.24, 2.45) is 7.05 Å². The molecule has 21 heavy (non-hydrogen) atoms. The standard InChI is InChI=1S/C15H11N5O/c1-20-14(6-7-18-20)19-15(21)13(10-17)8-11-2-4-12(9-16)5-3-11/h2-8H,1H3,(H,19,21)/b13-8+. The summed E-state index contributed by atoms with van der Waals surface area (Å²) in [5.74, 6) is -0.00793. The summed E-state index contributed by atoms with van der Waals surface area (Å²) in [6.07, 6.45) is 3.01. The molecule has 1 heterocycles. The summed E-state index contributed by atoms with van der Waals surface area (Å²) in [5, 5.41) is 24.4. The summed E-state index contributed by atoms with van der Waals surface area (Å²) in [7, 11) is 1.69. The average molecular weight is 277 g/mol. The quantitative estimate of drug-likeness (QED) is 0.684. The Kier molecular flexibility index (Phi) is 4.13. The molecule has 0 saturated carbocycles. The molecule has 1 N–H and O–H groups in total. The molecule has 1 amide bonds. The van der Waals surface area contributed by atoms with E-state index in [2.05, 4.69) is 10.4 Å². The fourth-order valence-electron chi connectivity index (χ4n) is 1.65. The van der Waals surface area contributed by atoms with Gasteiger partial charge in [-0.15, -0.1) is 0 Å². The molecule has 0 unspecified atom stereocenters. The molecule has 2 rings (SSSR count). The number of carbonyl (C=O) groups excluding carboxylic acids is 1. The summed E-state index contributed by atoms with van der Waals surface area (Å²) in [6, 6.07) is 12.1. The van der Waals surface area contributed by atoms with E-state index in [1.165, 1.54) is 10.8 Å². The number of nitrogens with zero attached hydrogens (tertiary/aromatic N) is 4. The maximum atomic E-state index is 12.0. The van der Waals surface area contributed by atoms with Gasteiger partial charge in [-0.05, 0) is 23.8 Å². The molecule has 0 aliphatic rings. The number of benzene rings is 1. The van der Waals surface area contributed by atoms with Crippen LogP contribution in [-0.2, 0) is 11.8 Å². The number of nitriles is 2. The van der Waals surface area contributed by atoms with Crippen molar-refractivity contribution in [2.75, 3.05) is 5.32 Å². The van der Waals surface area contributed by atoms with Gasteiger partial charge in [-0.25, -0.2) is 0 Å². The molecule has 6 nitrogen and oxygen atoms in total. The Morgan fingerprint density at radius 3 is 2.52 bits per heavy atom. The second-order valence-electron chi connectivity index (χ2n) is 4.20. The molecule has 0 atom stereocenters. The first kappa shape index (κ1) is 14.0. The van der Waals surface area contributed by atoms with Crippen LogP contribution in [0.3, 0.4) is 0 Å². The first-order valence-corrected chi connectivity index (χ1v) is 6.05. The molecule has 0 radical (unpaired) electrons. The van der Waals surface area contributed by atoms with Crippen molar-refractivity contribution in [3.63, 3.8) is 0 Å². The highest BCUT2D eigenvalue weighted by molar-refractivity contribution is 6.09. The third kappa shape index (κ3) is 3.34. The highest BCUT2D eigenvalue weighted by Gasteiger charge is 2.11. The van der Waals surface area contributed by atoms with Crippen LogP contribution >= 0.6 is 0 Å². The Labute approximate surface area is 121 Å². The van der Waals surface area contributed by atoms with Gasteiger partial charge in [0, 0.05) is 13.1 Å². The highest BCUT2D eigenvalue weighted by Crippen LogP contribution is 2.11. The lowest BCUT2D eigenvalue weighted by molar-refractivity contribution is -0.112. The van der Waals surface area contributed by atoms with E-state index in [-0.39, 0.29) is 5.57 Å². The smallest absolute Gasteiger partial charge is 0.267 e. The zero-order chi connectivity index (χ0) is 15.2.